The van der Waals surface area contributed by atoms with Gasteiger partial charge in [0.1, 0.15) is 0 Å². The molecule has 170 valence electrons. The fourth-order valence-corrected chi connectivity index (χ4v) is 4.15. The summed E-state index contributed by atoms with van der Waals surface area (Å²) < 4.78 is 24.1. The number of ether oxygens (including phenoxy) is 4. The summed E-state index contributed by atoms with van der Waals surface area (Å²) in [6.07, 6.45) is 0. The Morgan fingerprint density at radius 2 is 1.84 bits per heavy atom. The van der Waals surface area contributed by atoms with Gasteiger partial charge in [-0.3, -0.25) is 4.79 Å². The summed E-state index contributed by atoms with van der Waals surface area (Å²) in [6, 6.07) is 12.4. The van der Waals surface area contributed by atoms with Crippen molar-refractivity contribution in [3.05, 3.63) is 52.8 Å². The van der Waals surface area contributed by atoms with Crippen LogP contribution in [0.4, 0.5) is 0 Å². The Bertz CT molecular complexity index is 1150. The van der Waals surface area contributed by atoms with E-state index in [4.69, 9.17) is 18.9 Å². The third kappa shape index (κ3) is 5.74. The van der Waals surface area contributed by atoms with Gasteiger partial charge in [0.05, 0.1) is 36.1 Å². The van der Waals surface area contributed by atoms with Crippen LogP contribution in [-0.4, -0.2) is 50.0 Å². The van der Waals surface area contributed by atoms with Crippen molar-refractivity contribution in [2.45, 2.75) is 20.4 Å². The first-order valence-corrected chi connectivity index (χ1v) is 11.1. The van der Waals surface area contributed by atoms with Crippen LogP contribution in [0.3, 0.4) is 0 Å². The van der Waals surface area contributed by atoms with E-state index in [1.807, 2.05) is 23.6 Å². The zero-order valence-electron chi connectivity index (χ0n) is 18.3. The second-order valence-corrected chi connectivity index (χ2v) is 7.59. The summed E-state index contributed by atoms with van der Waals surface area (Å²) in [5, 5.41) is 0. The highest BCUT2D eigenvalue weighted by Crippen LogP contribution is 2.25. The van der Waals surface area contributed by atoms with Crippen molar-refractivity contribution in [3.8, 4) is 11.5 Å². The molecule has 0 atom stereocenters. The second-order valence-electron chi connectivity index (χ2n) is 6.58. The van der Waals surface area contributed by atoms with Crippen LogP contribution in [0.2, 0.25) is 0 Å². The van der Waals surface area contributed by atoms with Crippen molar-refractivity contribution in [2.75, 3.05) is 33.5 Å². The first-order valence-electron chi connectivity index (χ1n) is 10.3. The SMILES string of the molecule is CCOCCn1c(=NC(=O)COc2ccccc2OC)sc2cc(C(=O)OCC)ccc21. The number of nitrogens with zero attached hydrogens (tertiary/aromatic N) is 2. The Balaban J connectivity index is 1.89. The van der Waals surface area contributed by atoms with E-state index < -0.39 is 5.91 Å². The van der Waals surface area contributed by atoms with E-state index in [0.717, 1.165) is 10.2 Å². The molecule has 0 bridgehead atoms. The lowest BCUT2D eigenvalue weighted by molar-refractivity contribution is -0.120. The molecule has 32 heavy (non-hydrogen) atoms. The number of methoxy groups -OCH3 is 1. The second kappa shape index (κ2) is 11.4. The number of esters is 1. The molecule has 0 N–H and O–H groups in total. The molecule has 0 spiro atoms. The van der Waals surface area contributed by atoms with Crippen molar-refractivity contribution in [1.82, 2.24) is 4.57 Å². The Morgan fingerprint density at radius 1 is 1.06 bits per heavy atom. The minimum atomic E-state index is -0.432. The number of hydrogen-bond acceptors (Lipinski definition) is 7. The Labute approximate surface area is 190 Å². The maximum atomic E-state index is 12.6. The standard InChI is InChI=1S/C23H26N2O6S/c1-4-29-13-12-25-17-11-10-16(22(27)30-5-2)14-20(17)32-23(25)24-21(26)15-31-19-9-7-6-8-18(19)28-3/h6-11,14H,4-5,12-13,15H2,1-3H3. The molecule has 0 aliphatic carbocycles. The molecular weight excluding hydrogens is 432 g/mol. The number of hydrogen-bond donors (Lipinski definition) is 0. The van der Waals surface area contributed by atoms with Crippen LogP contribution in [0.1, 0.15) is 24.2 Å². The lowest BCUT2D eigenvalue weighted by Crippen LogP contribution is -2.21. The van der Waals surface area contributed by atoms with Crippen LogP contribution in [0, 0.1) is 0 Å². The molecule has 0 aliphatic rings. The van der Waals surface area contributed by atoms with Crippen LogP contribution >= 0.6 is 11.3 Å². The van der Waals surface area contributed by atoms with Crippen molar-refractivity contribution in [1.29, 1.82) is 0 Å². The molecule has 2 aromatic carbocycles. The zero-order valence-corrected chi connectivity index (χ0v) is 19.1. The average molecular weight is 459 g/mol. The van der Waals surface area contributed by atoms with Crippen LogP contribution in [0.15, 0.2) is 47.5 Å². The molecule has 9 heteroatoms. The van der Waals surface area contributed by atoms with Gasteiger partial charge < -0.3 is 23.5 Å². The third-order valence-corrected chi connectivity index (χ3v) is 5.54. The molecule has 1 heterocycles. The van der Waals surface area contributed by atoms with Gasteiger partial charge in [0.2, 0.25) is 0 Å². The minimum Gasteiger partial charge on any atom is -0.493 e. The number of thiazole rings is 1. The summed E-state index contributed by atoms with van der Waals surface area (Å²) in [6.45, 7) is 5.34. The average Bonchev–Trinajstić information content (AvgIpc) is 3.14. The van der Waals surface area contributed by atoms with Gasteiger partial charge in [0.25, 0.3) is 5.91 Å². The molecule has 1 amide bonds. The Hall–Kier alpha value is -3.17. The quantitative estimate of drug-likeness (QED) is 0.342. The van der Waals surface area contributed by atoms with E-state index in [2.05, 4.69) is 4.99 Å². The van der Waals surface area contributed by atoms with Crippen molar-refractivity contribution in [2.24, 2.45) is 4.99 Å². The largest absolute Gasteiger partial charge is 0.493 e. The van der Waals surface area contributed by atoms with Crippen LogP contribution in [-0.2, 0) is 20.8 Å². The molecule has 0 aliphatic heterocycles. The zero-order chi connectivity index (χ0) is 22.9. The maximum absolute atomic E-state index is 12.6. The summed E-state index contributed by atoms with van der Waals surface area (Å²) >= 11 is 1.32. The van der Waals surface area contributed by atoms with Gasteiger partial charge in [-0.05, 0) is 44.2 Å². The maximum Gasteiger partial charge on any atom is 0.338 e. The first kappa shape index (κ1) is 23.5. The van der Waals surface area contributed by atoms with Gasteiger partial charge in [-0.2, -0.15) is 4.99 Å². The van der Waals surface area contributed by atoms with Gasteiger partial charge in [0.15, 0.2) is 22.9 Å². The minimum absolute atomic E-state index is 0.228. The molecule has 0 saturated carbocycles. The molecule has 3 aromatic rings. The van der Waals surface area contributed by atoms with E-state index in [0.29, 0.717) is 48.2 Å². The summed E-state index contributed by atoms with van der Waals surface area (Å²) in [4.78, 5) is 29.4. The molecular formula is C23H26N2O6S. The molecule has 0 radical (unpaired) electrons. The lowest BCUT2D eigenvalue weighted by atomic mass is 10.2. The molecule has 1 aromatic heterocycles. The predicted molar refractivity (Wildman–Crippen MR) is 121 cm³/mol. The number of carbonyl (C=O) groups is 2. The number of para-hydroxylation sites is 2. The first-order chi connectivity index (χ1) is 15.6. The van der Waals surface area contributed by atoms with Crippen LogP contribution in [0.5, 0.6) is 11.5 Å². The van der Waals surface area contributed by atoms with Gasteiger partial charge in [-0.25, -0.2) is 4.79 Å². The third-order valence-electron chi connectivity index (χ3n) is 4.50. The highest BCUT2D eigenvalue weighted by molar-refractivity contribution is 7.16. The van der Waals surface area contributed by atoms with Gasteiger partial charge >= 0.3 is 5.97 Å². The smallest absolute Gasteiger partial charge is 0.338 e. The number of carbonyl (C=O) groups excluding carboxylic acids is 2. The highest BCUT2D eigenvalue weighted by atomic mass is 32.1. The van der Waals surface area contributed by atoms with E-state index in [9.17, 15) is 9.59 Å². The monoisotopic (exact) mass is 458 g/mol. The Morgan fingerprint density at radius 3 is 2.56 bits per heavy atom. The van der Waals surface area contributed by atoms with Crippen molar-refractivity contribution in [3.63, 3.8) is 0 Å². The van der Waals surface area contributed by atoms with E-state index >= 15 is 0 Å². The fourth-order valence-electron chi connectivity index (χ4n) is 3.03. The lowest BCUT2D eigenvalue weighted by Gasteiger charge is -2.08. The number of fused-ring (bicyclic) bond motifs is 1. The summed E-state index contributed by atoms with van der Waals surface area (Å²) in [7, 11) is 1.54. The van der Waals surface area contributed by atoms with Crippen molar-refractivity contribution < 1.29 is 28.5 Å². The molecule has 0 fully saturated rings. The van der Waals surface area contributed by atoms with E-state index in [-0.39, 0.29) is 12.6 Å². The van der Waals surface area contributed by atoms with Gasteiger partial charge in [0, 0.05) is 13.2 Å². The van der Waals surface area contributed by atoms with Crippen molar-refractivity contribution >= 4 is 33.4 Å². The van der Waals surface area contributed by atoms with Gasteiger partial charge in [-0.1, -0.05) is 23.5 Å². The van der Waals surface area contributed by atoms with E-state index in [1.54, 1.807) is 37.3 Å². The number of rotatable bonds is 10. The normalized spacial score (nSPS) is 11.5. The number of amides is 1. The topological polar surface area (TPSA) is 88.4 Å². The van der Waals surface area contributed by atoms with E-state index in [1.165, 1.54) is 18.4 Å². The number of aromatic nitrogens is 1. The highest BCUT2D eigenvalue weighted by Gasteiger charge is 2.13. The summed E-state index contributed by atoms with van der Waals surface area (Å²) in [5.41, 5.74) is 1.31. The molecule has 3 rings (SSSR count). The number of benzene rings is 2. The molecule has 8 nitrogen and oxygen atoms in total. The van der Waals surface area contributed by atoms with Crippen LogP contribution < -0.4 is 14.3 Å². The van der Waals surface area contributed by atoms with Crippen LogP contribution in [0.25, 0.3) is 10.2 Å². The fraction of sp³-hybridized carbons (Fsp3) is 0.348. The van der Waals surface area contributed by atoms with Gasteiger partial charge in [-0.15, -0.1) is 0 Å². The predicted octanol–water partition coefficient (Wildman–Crippen LogP) is 3.43. The summed E-state index contributed by atoms with van der Waals surface area (Å²) in [5.74, 6) is 0.195. The Kier molecular flexibility index (Phi) is 8.41. The molecule has 0 unspecified atom stereocenters. The molecule has 0 saturated heterocycles.